The van der Waals surface area contributed by atoms with Gasteiger partial charge in [0.1, 0.15) is 48.2 Å². The van der Waals surface area contributed by atoms with Crippen molar-refractivity contribution in [2.24, 2.45) is 5.92 Å². The number of aliphatic hydroxyl groups is 1. The van der Waals surface area contributed by atoms with Crippen LogP contribution < -0.4 is 21.3 Å². The van der Waals surface area contributed by atoms with E-state index in [-0.39, 0.29) is 44.8 Å². The fourth-order valence-corrected chi connectivity index (χ4v) is 8.30. The van der Waals surface area contributed by atoms with Crippen LogP contribution in [-0.4, -0.2) is 129 Å². The van der Waals surface area contributed by atoms with Gasteiger partial charge in [-0.3, -0.25) is 24.0 Å². The third kappa shape index (κ3) is 9.57. The van der Waals surface area contributed by atoms with Gasteiger partial charge in [0.05, 0.1) is 6.10 Å². The average Bonchev–Trinajstić information content (AvgIpc) is 3.78. The molecule has 2 aromatic carbocycles. The Morgan fingerprint density at radius 2 is 1.62 bits per heavy atom. The number of ether oxygens (including phenoxy) is 1. The van der Waals surface area contributed by atoms with Crippen molar-refractivity contribution in [2.75, 3.05) is 25.0 Å². The van der Waals surface area contributed by atoms with E-state index < -0.39 is 95.8 Å². The highest BCUT2D eigenvalue weighted by atomic mass is 19.1. The van der Waals surface area contributed by atoms with Crippen LogP contribution in [0.5, 0.6) is 0 Å². The Hall–Kier alpha value is -5.58. The molecular weight excluding hydrogens is 753 g/mol. The predicted molar refractivity (Wildman–Crippen MR) is 207 cm³/mol. The first-order valence-corrected chi connectivity index (χ1v) is 19.9. The van der Waals surface area contributed by atoms with Crippen LogP contribution in [0.3, 0.4) is 0 Å². The second-order valence-corrected chi connectivity index (χ2v) is 16.0. The Morgan fingerprint density at radius 3 is 2.34 bits per heavy atom. The van der Waals surface area contributed by atoms with Crippen molar-refractivity contribution < 1.29 is 47.8 Å². The number of hydrogen-bond donors (Lipinski definition) is 5. The summed E-state index contributed by atoms with van der Waals surface area (Å²) in [6.07, 6.45) is -1.12. The number of amides is 7. The Morgan fingerprint density at radius 1 is 0.897 bits per heavy atom. The average molecular weight is 806 g/mol. The molecule has 4 saturated heterocycles. The number of urea groups is 1. The van der Waals surface area contributed by atoms with E-state index in [9.17, 15) is 43.1 Å². The summed E-state index contributed by atoms with van der Waals surface area (Å²) in [5.41, 5.74) is 1.73. The molecule has 17 heteroatoms. The largest absolute Gasteiger partial charge is 0.458 e. The molecule has 312 valence electrons. The SMILES string of the molecule is Cc1ccc(NC(=O)N[C@@H](Cc2cccc(F)c2)C(=O)N[C@@H]2C(=O)N3C[C@H](O)C[C@H]3C(=O)N3CCCC[C@H]3C(=O)N[C@@H](C)C(=O)N3C[C@@H](C)C[C@H]3C(=O)O[C@H]2C)cc1. The lowest BCUT2D eigenvalue weighted by molar-refractivity contribution is -0.163. The molecule has 4 aliphatic heterocycles. The van der Waals surface area contributed by atoms with E-state index in [1.165, 1.54) is 41.8 Å². The first-order valence-electron chi connectivity index (χ1n) is 19.9. The lowest BCUT2D eigenvalue weighted by Gasteiger charge is -2.39. The molecule has 0 unspecified atom stereocenters. The minimum Gasteiger partial charge on any atom is -0.458 e. The second kappa shape index (κ2) is 17.9. The molecule has 6 rings (SSSR count). The summed E-state index contributed by atoms with van der Waals surface area (Å²) in [5, 5.41) is 21.5. The molecule has 5 N–H and O–H groups in total. The highest BCUT2D eigenvalue weighted by molar-refractivity contribution is 5.99. The van der Waals surface area contributed by atoms with E-state index in [2.05, 4.69) is 21.3 Å². The molecule has 0 aromatic heterocycles. The quantitative estimate of drug-likeness (QED) is 0.267. The van der Waals surface area contributed by atoms with Gasteiger partial charge >= 0.3 is 12.0 Å². The zero-order valence-corrected chi connectivity index (χ0v) is 33.1. The van der Waals surface area contributed by atoms with Crippen molar-refractivity contribution in [1.29, 1.82) is 0 Å². The molecule has 4 fully saturated rings. The summed E-state index contributed by atoms with van der Waals surface area (Å²) in [4.78, 5) is 102. The van der Waals surface area contributed by atoms with Crippen molar-refractivity contribution in [3.63, 3.8) is 0 Å². The Labute approximate surface area is 336 Å². The number of fused-ring (bicyclic) bond motifs is 3. The van der Waals surface area contributed by atoms with E-state index in [0.717, 1.165) is 10.5 Å². The van der Waals surface area contributed by atoms with Gasteiger partial charge in [-0.2, -0.15) is 0 Å². The number of rotatable bonds is 6. The molecular formula is C41H52FN7O9. The van der Waals surface area contributed by atoms with Crippen molar-refractivity contribution in [2.45, 2.75) is 115 Å². The normalized spacial score (nSPS) is 28.8. The van der Waals surface area contributed by atoms with Crippen LogP contribution in [0, 0.1) is 18.7 Å². The maximum atomic E-state index is 14.7. The van der Waals surface area contributed by atoms with Crippen LogP contribution in [0.15, 0.2) is 48.5 Å². The Kier molecular flexibility index (Phi) is 13.0. The van der Waals surface area contributed by atoms with E-state index >= 15 is 0 Å². The molecule has 0 spiro atoms. The van der Waals surface area contributed by atoms with Crippen LogP contribution in [0.4, 0.5) is 14.9 Å². The van der Waals surface area contributed by atoms with Gasteiger partial charge in [0, 0.05) is 38.2 Å². The summed E-state index contributed by atoms with van der Waals surface area (Å²) in [6.45, 7) is 6.75. The molecule has 4 aliphatic rings. The van der Waals surface area contributed by atoms with Crippen molar-refractivity contribution in [3.8, 4) is 0 Å². The maximum Gasteiger partial charge on any atom is 0.329 e. The van der Waals surface area contributed by atoms with Crippen molar-refractivity contribution in [3.05, 3.63) is 65.5 Å². The van der Waals surface area contributed by atoms with Crippen LogP contribution in [0.25, 0.3) is 0 Å². The summed E-state index contributed by atoms with van der Waals surface area (Å²) in [6, 6.07) is 4.23. The van der Waals surface area contributed by atoms with Gasteiger partial charge in [-0.05, 0) is 82.2 Å². The minimum atomic E-state index is -1.66. The zero-order chi connectivity index (χ0) is 41.8. The molecule has 0 radical (unpaired) electrons. The van der Waals surface area contributed by atoms with Gasteiger partial charge in [-0.1, -0.05) is 36.8 Å². The third-order valence-corrected chi connectivity index (χ3v) is 11.3. The number of piperidine rings is 1. The van der Waals surface area contributed by atoms with E-state index in [4.69, 9.17) is 4.74 Å². The topological polar surface area (TPSA) is 207 Å². The van der Waals surface area contributed by atoms with Crippen molar-refractivity contribution >= 4 is 47.2 Å². The van der Waals surface area contributed by atoms with Crippen LogP contribution in [-0.2, 0) is 39.9 Å². The van der Waals surface area contributed by atoms with E-state index in [1.807, 2.05) is 13.8 Å². The number of cyclic esters (lactones) is 1. The summed E-state index contributed by atoms with van der Waals surface area (Å²) < 4.78 is 20.2. The van der Waals surface area contributed by atoms with E-state index in [1.54, 1.807) is 30.3 Å². The summed E-state index contributed by atoms with van der Waals surface area (Å²) in [7, 11) is 0. The standard InChI is InChI=1S/C41H52FN7O9/c1-22-11-13-28(14-12-22)44-41(57)45-30(18-26-8-7-9-27(42)17-26)35(51)46-34-25(4)58-40(56)33-16-23(2)20-48(33)37(53)24(3)43-36(52)31-10-5-6-15-47(31)38(54)32-19-29(50)21-49(32)39(34)55/h7-9,11-14,17,23-25,29-34,50H,5-6,10,15-16,18-21H2,1-4H3,(H,43,52)(H,46,51)(H2,44,45,57)/t23-,24-,25-,29+,30-,31-,32-,33-,34-/m0/s1. The first-order chi connectivity index (χ1) is 27.6. The van der Waals surface area contributed by atoms with E-state index in [0.29, 0.717) is 30.5 Å². The lowest BCUT2D eigenvalue weighted by atomic mass is 9.98. The number of carbonyl (C=O) groups excluding carboxylic acids is 7. The van der Waals surface area contributed by atoms with Gasteiger partial charge < -0.3 is 45.8 Å². The molecule has 0 aliphatic carbocycles. The summed E-state index contributed by atoms with van der Waals surface area (Å²) >= 11 is 0. The molecule has 0 bridgehead atoms. The number of aryl methyl sites for hydroxylation is 1. The van der Waals surface area contributed by atoms with Crippen LogP contribution >= 0.6 is 0 Å². The van der Waals surface area contributed by atoms with Gasteiger partial charge in [0.2, 0.25) is 29.5 Å². The number of nitrogens with zero attached hydrogens (tertiary/aromatic N) is 3. The van der Waals surface area contributed by atoms with Gasteiger partial charge in [-0.25, -0.2) is 14.0 Å². The fourth-order valence-electron chi connectivity index (χ4n) is 8.30. The van der Waals surface area contributed by atoms with Crippen LogP contribution in [0.2, 0.25) is 0 Å². The molecule has 4 heterocycles. The monoisotopic (exact) mass is 805 g/mol. The second-order valence-electron chi connectivity index (χ2n) is 16.0. The highest BCUT2D eigenvalue weighted by Crippen LogP contribution is 2.29. The maximum absolute atomic E-state index is 14.7. The predicted octanol–water partition coefficient (Wildman–Crippen LogP) is 1.38. The fraction of sp³-hybridized carbons (Fsp3) is 0.537. The number of anilines is 1. The smallest absolute Gasteiger partial charge is 0.329 e. The molecule has 58 heavy (non-hydrogen) atoms. The number of aliphatic hydroxyl groups excluding tert-OH is 1. The van der Waals surface area contributed by atoms with Crippen LogP contribution in [0.1, 0.15) is 64.0 Å². The number of benzene rings is 2. The number of halogens is 1. The number of hydrogen-bond acceptors (Lipinski definition) is 9. The number of esters is 1. The number of nitrogens with one attached hydrogen (secondary N) is 4. The number of carbonyl (C=O) groups is 7. The summed E-state index contributed by atoms with van der Waals surface area (Å²) in [5.74, 6) is -4.94. The third-order valence-electron chi connectivity index (χ3n) is 11.3. The molecule has 16 nitrogen and oxygen atoms in total. The molecule has 2 aromatic rings. The lowest BCUT2D eigenvalue weighted by Crippen LogP contribution is -2.63. The minimum absolute atomic E-state index is 0.113. The Bertz CT molecular complexity index is 1910. The van der Waals surface area contributed by atoms with Gasteiger partial charge in [-0.15, -0.1) is 0 Å². The molecule has 7 amide bonds. The molecule has 9 atom stereocenters. The first kappa shape index (κ1) is 42.0. The highest BCUT2D eigenvalue weighted by Gasteiger charge is 2.49. The Balaban J connectivity index is 1.34. The van der Waals surface area contributed by atoms with Gasteiger partial charge in [0.15, 0.2) is 0 Å². The van der Waals surface area contributed by atoms with Crippen molar-refractivity contribution in [1.82, 2.24) is 30.7 Å². The molecule has 0 saturated carbocycles. The van der Waals surface area contributed by atoms with Gasteiger partial charge in [0.25, 0.3) is 0 Å². The zero-order valence-electron chi connectivity index (χ0n) is 33.1.